The summed E-state index contributed by atoms with van der Waals surface area (Å²) in [6, 6.07) is 19.0. The average Bonchev–Trinajstić information content (AvgIpc) is 2.79. The Morgan fingerprint density at radius 3 is 2.18 bits per heavy atom. The van der Waals surface area contributed by atoms with Crippen molar-refractivity contribution in [3.05, 3.63) is 103 Å². The summed E-state index contributed by atoms with van der Waals surface area (Å²) in [5.74, 6) is -3.04. The molecule has 0 unspecified atom stereocenters. The Kier molecular flexibility index (Phi) is 6.18. The van der Waals surface area contributed by atoms with Gasteiger partial charge in [0.05, 0.1) is 0 Å². The summed E-state index contributed by atoms with van der Waals surface area (Å²) >= 11 is 0. The number of benzene rings is 4. The van der Waals surface area contributed by atoms with Gasteiger partial charge in [0.15, 0.2) is 11.6 Å². The number of rotatable bonds is 6. The Bertz CT molecular complexity index is 1310. The Balaban J connectivity index is 1.78. The number of hydrogen-bond donors (Lipinski definition) is 0. The molecular formula is C27H19F5O. The maximum atomic E-state index is 15.1. The lowest BCUT2D eigenvalue weighted by molar-refractivity contribution is -0.275. The lowest BCUT2D eigenvalue weighted by atomic mass is 9.96. The van der Waals surface area contributed by atoms with E-state index in [0.717, 1.165) is 24.0 Å². The van der Waals surface area contributed by atoms with Crippen molar-refractivity contribution in [1.82, 2.24) is 0 Å². The molecule has 0 spiro atoms. The fourth-order valence-electron chi connectivity index (χ4n) is 3.75. The topological polar surface area (TPSA) is 9.23 Å². The summed E-state index contributed by atoms with van der Waals surface area (Å²) in [7, 11) is 0. The van der Waals surface area contributed by atoms with E-state index in [1.54, 1.807) is 18.2 Å². The molecule has 0 saturated heterocycles. The number of hydrogen-bond acceptors (Lipinski definition) is 1. The summed E-state index contributed by atoms with van der Waals surface area (Å²) in [6.45, 7) is 3.70. The van der Waals surface area contributed by atoms with Crippen molar-refractivity contribution in [3.63, 3.8) is 0 Å². The first-order valence-electron chi connectivity index (χ1n) is 10.2. The van der Waals surface area contributed by atoms with Gasteiger partial charge < -0.3 is 4.74 Å². The zero-order valence-electron chi connectivity index (χ0n) is 17.4. The molecule has 0 aliphatic carbocycles. The van der Waals surface area contributed by atoms with Crippen LogP contribution in [0.2, 0.25) is 0 Å². The fraction of sp³-hybridized carbons (Fsp3) is 0.111. The first-order chi connectivity index (χ1) is 15.8. The zero-order chi connectivity index (χ0) is 23.6. The van der Waals surface area contributed by atoms with Crippen LogP contribution >= 0.6 is 0 Å². The van der Waals surface area contributed by atoms with Gasteiger partial charge in [-0.2, -0.15) is 0 Å². The molecule has 4 rings (SSSR count). The highest BCUT2D eigenvalue weighted by Gasteiger charge is 2.34. The first kappa shape index (κ1) is 22.5. The molecule has 4 aromatic rings. The molecule has 0 aromatic heterocycles. The number of ether oxygens (including phenoxy) is 1. The van der Waals surface area contributed by atoms with Crippen molar-refractivity contribution in [2.45, 2.75) is 19.2 Å². The third-order valence-corrected chi connectivity index (χ3v) is 5.34. The summed E-state index contributed by atoms with van der Waals surface area (Å²) in [4.78, 5) is 0. The summed E-state index contributed by atoms with van der Waals surface area (Å²) in [6.07, 6.45) is -1.63. The van der Waals surface area contributed by atoms with Crippen LogP contribution in [-0.2, 0) is 6.42 Å². The van der Waals surface area contributed by atoms with Gasteiger partial charge in [0.1, 0.15) is 5.82 Å². The fourth-order valence-corrected chi connectivity index (χ4v) is 3.75. The van der Waals surface area contributed by atoms with Gasteiger partial charge in [0, 0.05) is 16.5 Å². The maximum Gasteiger partial charge on any atom is 0.573 e. The van der Waals surface area contributed by atoms with Crippen molar-refractivity contribution in [2.24, 2.45) is 0 Å². The van der Waals surface area contributed by atoms with Gasteiger partial charge in [0.25, 0.3) is 0 Å². The van der Waals surface area contributed by atoms with Crippen LogP contribution in [0.25, 0.3) is 33.0 Å². The van der Waals surface area contributed by atoms with Gasteiger partial charge >= 0.3 is 6.36 Å². The van der Waals surface area contributed by atoms with Crippen LogP contribution in [-0.4, -0.2) is 6.36 Å². The van der Waals surface area contributed by atoms with E-state index in [0.29, 0.717) is 10.9 Å². The Morgan fingerprint density at radius 1 is 0.818 bits per heavy atom. The molecule has 0 aliphatic heterocycles. The van der Waals surface area contributed by atoms with Crippen LogP contribution in [0.5, 0.6) is 5.75 Å². The third-order valence-electron chi connectivity index (χ3n) is 5.34. The highest BCUT2D eigenvalue weighted by molar-refractivity contribution is 5.91. The Morgan fingerprint density at radius 2 is 1.52 bits per heavy atom. The second-order valence-electron chi connectivity index (χ2n) is 7.56. The largest absolute Gasteiger partial charge is 0.573 e. The van der Waals surface area contributed by atoms with Gasteiger partial charge in [-0.15, -0.1) is 19.8 Å². The van der Waals surface area contributed by atoms with E-state index < -0.39 is 23.7 Å². The SMILES string of the molecule is C=CCCc1ccc(-c2ccc(-c3cc4ccccc4c(F)c3OC(F)(F)F)c(F)c2)cc1. The lowest BCUT2D eigenvalue weighted by Crippen LogP contribution is -2.18. The standard InChI is InChI=1S/C27H19F5O/c1-2-3-6-17-9-11-18(12-10-17)19-13-14-22(24(28)16-19)23-15-20-7-4-5-8-21(20)25(29)26(23)33-27(30,31)32/h2,4-5,7-16H,1,3,6H2. The highest BCUT2D eigenvalue weighted by Crippen LogP contribution is 2.41. The molecule has 0 N–H and O–H groups in total. The van der Waals surface area contributed by atoms with E-state index in [2.05, 4.69) is 11.3 Å². The molecule has 6 heteroatoms. The van der Waals surface area contributed by atoms with Gasteiger partial charge in [0.2, 0.25) is 0 Å². The van der Waals surface area contributed by atoms with Crippen LogP contribution in [0.3, 0.4) is 0 Å². The smallest absolute Gasteiger partial charge is 0.402 e. The minimum absolute atomic E-state index is 0.0472. The summed E-state index contributed by atoms with van der Waals surface area (Å²) in [5.41, 5.74) is 1.90. The molecule has 0 aliphatic rings. The molecule has 4 aromatic carbocycles. The second-order valence-corrected chi connectivity index (χ2v) is 7.56. The quantitative estimate of drug-likeness (QED) is 0.210. The van der Waals surface area contributed by atoms with Crippen molar-refractivity contribution < 1.29 is 26.7 Å². The minimum Gasteiger partial charge on any atom is -0.402 e. The zero-order valence-corrected chi connectivity index (χ0v) is 17.4. The Labute approximate surface area is 187 Å². The maximum absolute atomic E-state index is 15.1. The average molecular weight is 454 g/mol. The van der Waals surface area contributed by atoms with E-state index in [4.69, 9.17) is 0 Å². The number of allylic oxidation sites excluding steroid dienone is 1. The van der Waals surface area contributed by atoms with E-state index >= 15 is 4.39 Å². The van der Waals surface area contributed by atoms with Gasteiger partial charge in [-0.1, -0.05) is 66.7 Å². The first-order valence-corrected chi connectivity index (χ1v) is 10.2. The van der Waals surface area contributed by atoms with Crippen molar-refractivity contribution in [2.75, 3.05) is 0 Å². The predicted octanol–water partition coefficient (Wildman–Crippen LogP) is 8.47. The van der Waals surface area contributed by atoms with Crippen LogP contribution in [0, 0.1) is 11.6 Å². The second kappa shape index (κ2) is 9.06. The van der Waals surface area contributed by atoms with E-state index in [9.17, 15) is 17.6 Å². The van der Waals surface area contributed by atoms with Gasteiger partial charge in [-0.3, -0.25) is 0 Å². The van der Waals surface area contributed by atoms with Crippen LogP contribution in [0.15, 0.2) is 85.5 Å². The lowest BCUT2D eigenvalue weighted by Gasteiger charge is -2.17. The van der Waals surface area contributed by atoms with Crippen LogP contribution in [0.4, 0.5) is 22.0 Å². The van der Waals surface area contributed by atoms with Gasteiger partial charge in [-0.05, 0) is 47.1 Å². The van der Waals surface area contributed by atoms with Crippen molar-refractivity contribution >= 4 is 10.8 Å². The highest BCUT2D eigenvalue weighted by atomic mass is 19.4. The molecule has 0 amide bonds. The van der Waals surface area contributed by atoms with Gasteiger partial charge in [-0.25, -0.2) is 8.78 Å². The number of aryl methyl sites for hydroxylation is 1. The van der Waals surface area contributed by atoms with Crippen LogP contribution in [0.1, 0.15) is 12.0 Å². The molecule has 0 fully saturated rings. The van der Waals surface area contributed by atoms with Crippen molar-refractivity contribution in [1.29, 1.82) is 0 Å². The summed E-state index contributed by atoms with van der Waals surface area (Å²) in [5, 5.41) is 0.284. The molecule has 0 radical (unpaired) electrons. The molecule has 1 nitrogen and oxygen atoms in total. The summed E-state index contributed by atoms with van der Waals surface area (Å²) < 4.78 is 73.2. The number of halogens is 5. The number of alkyl halides is 3. The molecular weight excluding hydrogens is 435 g/mol. The van der Waals surface area contributed by atoms with E-state index in [-0.39, 0.29) is 16.5 Å². The molecule has 0 atom stereocenters. The molecule has 0 saturated carbocycles. The molecule has 0 bridgehead atoms. The van der Waals surface area contributed by atoms with Crippen molar-refractivity contribution in [3.8, 4) is 28.0 Å². The van der Waals surface area contributed by atoms with E-state index in [1.165, 1.54) is 30.3 Å². The monoisotopic (exact) mass is 454 g/mol. The van der Waals surface area contributed by atoms with E-state index in [1.807, 2.05) is 30.3 Å². The van der Waals surface area contributed by atoms with Crippen LogP contribution < -0.4 is 4.74 Å². The predicted molar refractivity (Wildman–Crippen MR) is 120 cm³/mol. The Hall–Kier alpha value is -3.67. The normalized spacial score (nSPS) is 11.5. The number of fused-ring (bicyclic) bond motifs is 1. The molecule has 0 heterocycles. The molecule has 168 valence electrons. The minimum atomic E-state index is -5.14. The third kappa shape index (κ3) is 4.90. The molecule has 33 heavy (non-hydrogen) atoms.